The molecule has 5 nitrogen and oxygen atoms in total. The highest BCUT2D eigenvalue weighted by atomic mass is 16.5. The minimum Gasteiger partial charge on any atom is -0.449 e. The molecule has 1 aliphatic carbocycles. The zero-order chi connectivity index (χ0) is 19.6. The average Bonchev–Trinajstić information content (AvgIpc) is 2.67. The van der Waals surface area contributed by atoms with E-state index in [1.807, 2.05) is 26.0 Å². The molecule has 0 radical (unpaired) electrons. The van der Waals surface area contributed by atoms with Gasteiger partial charge in [-0.1, -0.05) is 23.8 Å². The summed E-state index contributed by atoms with van der Waals surface area (Å²) in [5.74, 6) is -0.759. The largest absolute Gasteiger partial charge is 0.449 e. The summed E-state index contributed by atoms with van der Waals surface area (Å²) in [6.07, 6.45) is 7.23. The van der Waals surface area contributed by atoms with Gasteiger partial charge in [0.25, 0.3) is 5.91 Å². The van der Waals surface area contributed by atoms with Crippen LogP contribution in [0.2, 0.25) is 0 Å². The van der Waals surface area contributed by atoms with Crippen LogP contribution in [-0.2, 0) is 20.9 Å². The van der Waals surface area contributed by atoms with Gasteiger partial charge in [-0.15, -0.1) is 0 Å². The Labute approximate surface area is 162 Å². The van der Waals surface area contributed by atoms with Crippen LogP contribution < -0.4 is 5.32 Å². The lowest BCUT2D eigenvalue weighted by Crippen LogP contribution is -2.36. The predicted octanol–water partition coefficient (Wildman–Crippen LogP) is 4.16. The zero-order valence-electron chi connectivity index (χ0n) is 16.6. The van der Waals surface area contributed by atoms with Crippen LogP contribution in [0, 0.1) is 0 Å². The molecule has 0 aromatic heterocycles. The summed E-state index contributed by atoms with van der Waals surface area (Å²) in [7, 11) is 0. The maximum atomic E-state index is 12.2. The molecule has 0 bridgehead atoms. The molecule has 1 amide bonds. The highest BCUT2D eigenvalue weighted by molar-refractivity contribution is 5.92. The Kier molecular flexibility index (Phi) is 8.52. The highest BCUT2D eigenvalue weighted by Gasteiger charge is 2.18. The van der Waals surface area contributed by atoms with Crippen molar-refractivity contribution in [3.63, 3.8) is 0 Å². The van der Waals surface area contributed by atoms with Crippen LogP contribution in [0.3, 0.4) is 0 Å². The Morgan fingerprint density at radius 1 is 1.11 bits per heavy atom. The number of esters is 1. The Hall–Kier alpha value is -2.14. The molecule has 0 saturated heterocycles. The van der Waals surface area contributed by atoms with E-state index in [0.29, 0.717) is 18.7 Å². The van der Waals surface area contributed by atoms with Crippen molar-refractivity contribution in [3.8, 4) is 0 Å². The van der Waals surface area contributed by atoms with E-state index in [0.717, 1.165) is 24.8 Å². The summed E-state index contributed by atoms with van der Waals surface area (Å²) in [5, 5.41) is 2.85. The summed E-state index contributed by atoms with van der Waals surface area (Å²) in [5.41, 5.74) is 2.83. The molecule has 0 saturated carbocycles. The lowest BCUT2D eigenvalue weighted by molar-refractivity contribution is -0.129. The first-order valence-electron chi connectivity index (χ1n) is 9.83. The van der Waals surface area contributed by atoms with Gasteiger partial charge in [-0.05, 0) is 70.6 Å². The van der Waals surface area contributed by atoms with Crippen LogP contribution in [0.1, 0.15) is 68.8 Å². The minimum absolute atomic E-state index is 0.156. The molecule has 27 heavy (non-hydrogen) atoms. The molecule has 0 unspecified atom stereocenters. The molecule has 1 aliphatic rings. The van der Waals surface area contributed by atoms with Crippen molar-refractivity contribution in [1.82, 2.24) is 5.32 Å². The SMILES string of the molecule is CC(C)OCc1ccc(C(=O)O[C@H](C)C(=O)NCCC2=CCCCC2)cc1. The lowest BCUT2D eigenvalue weighted by atomic mass is 9.97. The maximum absolute atomic E-state index is 12.2. The van der Waals surface area contributed by atoms with Crippen molar-refractivity contribution in [1.29, 1.82) is 0 Å². The second-order valence-electron chi connectivity index (χ2n) is 7.25. The van der Waals surface area contributed by atoms with E-state index in [2.05, 4.69) is 11.4 Å². The monoisotopic (exact) mass is 373 g/mol. The smallest absolute Gasteiger partial charge is 0.338 e. The quantitative estimate of drug-likeness (QED) is 0.521. The average molecular weight is 373 g/mol. The molecule has 5 heteroatoms. The molecule has 1 atom stereocenters. The summed E-state index contributed by atoms with van der Waals surface area (Å²) in [6, 6.07) is 7.06. The molecular formula is C22H31NO4. The van der Waals surface area contributed by atoms with Gasteiger partial charge >= 0.3 is 5.97 Å². The van der Waals surface area contributed by atoms with E-state index < -0.39 is 12.1 Å². The number of ether oxygens (including phenoxy) is 2. The molecule has 0 fully saturated rings. The number of hydrogen-bond donors (Lipinski definition) is 1. The molecule has 0 heterocycles. The van der Waals surface area contributed by atoms with Gasteiger partial charge in [0.2, 0.25) is 0 Å². The van der Waals surface area contributed by atoms with Crippen LogP contribution in [-0.4, -0.2) is 30.6 Å². The number of carbonyl (C=O) groups excluding carboxylic acids is 2. The van der Waals surface area contributed by atoms with E-state index >= 15 is 0 Å². The molecular weight excluding hydrogens is 342 g/mol. The summed E-state index contributed by atoms with van der Waals surface area (Å²) in [6.45, 7) is 6.63. The number of hydrogen-bond acceptors (Lipinski definition) is 4. The number of rotatable bonds is 9. The van der Waals surface area contributed by atoms with Crippen LogP contribution >= 0.6 is 0 Å². The van der Waals surface area contributed by atoms with Gasteiger partial charge in [0, 0.05) is 6.54 Å². The van der Waals surface area contributed by atoms with E-state index in [9.17, 15) is 9.59 Å². The second kappa shape index (κ2) is 10.9. The van der Waals surface area contributed by atoms with Gasteiger partial charge in [0.15, 0.2) is 6.10 Å². The van der Waals surface area contributed by atoms with E-state index in [-0.39, 0.29) is 12.0 Å². The molecule has 1 aromatic carbocycles. The van der Waals surface area contributed by atoms with E-state index in [1.54, 1.807) is 19.1 Å². The lowest BCUT2D eigenvalue weighted by Gasteiger charge is -2.16. The summed E-state index contributed by atoms with van der Waals surface area (Å²) < 4.78 is 10.8. The van der Waals surface area contributed by atoms with Gasteiger partial charge in [-0.25, -0.2) is 4.79 Å². The fourth-order valence-corrected chi connectivity index (χ4v) is 2.90. The number of nitrogens with one attached hydrogen (secondary N) is 1. The van der Waals surface area contributed by atoms with Crippen LogP contribution in [0.4, 0.5) is 0 Å². The third-order valence-corrected chi connectivity index (χ3v) is 4.56. The fourth-order valence-electron chi connectivity index (χ4n) is 2.90. The highest BCUT2D eigenvalue weighted by Crippen LogP contribution is 2.19. The van der Waals surface area contributed by atoms with Gasteiger partial charge < -0.3 is 14.8 Å². The molecule has 2 rings (SSSR count). The van der Waals surface area contributed by atoms with E-state index in [4.69, 9.17) is 9.47 Å². The standard InChI is InChI=1S/C22H31NO4/c1-16(2)26-15-19-9-11-20(12-10-19)22(25)27-17(3)21(24)23-14-13-18-7-5-4-6-8-18/h7,9-12,16-17H,4-6,8,13-15H2,1-3H3,(H,23,24)/t17-/m1/s1. The minimum atomic E-state index is -0.818. The van der Waals surface area contributed by atoms with Gasteiger partial charge in [-0.2, -0.15) is 0 Å². The van der Waals surface area contributed by atoms with Gasteiger partial charge in [-0.3, -0.25) is 4.79 Å². The van der Waals surface area contributed by atoms with Crippen molar-refractivity contribution in [2.24, 2.45) is 0 Å². The first kappa shape index (κ1) is 21.2. The first-order valence-corrected chi connectivity index (χ1v) is 9.83. The maximum Gasteiger partial charge on any atom is 0.338 e. The van der Waals surface area contributed by atoms with E-state index in [1.165, 1.54) is 18.4 Å². The van der Waals surface area contributed by atoms with Crippen molar-refractivity contribution in [3.05, 3.63) is 47.0 Å². The number of amides is 1. The zero-order valence-corrected chi connectivity index (χ0v) is 16.6. The topological polar surface area (TPSA) is 64.6 Å². The van der Waals surface area contributed by atoms with Crippen molar-refractivity contribution in [2.75, 3.05) is 6.54 Å². The summed E-state index contributed by atoms with van der Waals surface area (Å²) >= 11 is 0. The normalized spacial score (nSPS) is 15.2. The van der Waals surface area contributed by atoms with Crippen molar-refractivity contribution < 1.29 is 19.1 Å². The molecule has 1 aromatic rings. The first-order chi connectivity index (χ1) is 13.0. The van der Waals surface area contributed by atoms with Crippen LogP contribution in [0.25, 0.3) is 0 Å². The Morgan fingerprint density at radius 3 is 2.48 bits per heavy atom. The summed E-state index contributed by atoms with van der Waals surface area (Å²) in [4.78, 5) is 24.3. The number of allylic oxidation sites excluding steroid dienone is 1. The Balaban J connectivity index is 1.74. The van der Waals surface area contributed by atoms with Crippen molar-refractivity contribution in [2.45, 2.75) is 71.7 Å². The van der Waals surface area contributed by atoms with Gasteiger partial charge in [0.1, 0.15) is 0 Å². The number of benzene rings is 1. The van der Waals surface area contributed by atoms with Crippen LogP contribution in [0.5, 0.6) is 0 Å². The third kappa shape index (κ3) is 7.55. The predicted molar refractivity (Wildman–Crippen MR) is 105 cm³/mol. The second-order valence-corrected chi connectivity index (χ2v) is 7.25. The number of carbonyl (C=O) groups is 2. The fraction of sp³-hybridized carbons (Fsp3) is 0.545. The van der Waals surface area contributed by atoms with Gasteiger partial charge in [0.05, 0.1) is 18.3 Å². The van der Waals surface area contributed by atoms with Crippen LogP contribution in [0.15, 0.2) is 35.9 Å². The molecule has 0 spiro atoms. The molecule has 1 N–H and O–H groups in total. The van der Waals surface area contributed by atoms with Crippen molar-refractivity contribution >= 4 is 11.9 Å². The molecule has 148 valence electrons. The third-order valence-electron chi connectivity index (χ3n) is 4.56. The Bertz CT molecular complexity index is 649. The Morgan fingerprint density at radius 2 is 1.85 bits per heavy atom. The molecule has 0 aliphatic heterocycles.